The van der Waals surface area contributed by atoms with Crippen molar-refractivity contribution >= 4 is 29.4 Å². The molecular formula is C30H28N2O3S. The summed E-state index contributed by atoms with van der Waals surface area (Å²) in [6, 6.07) is 34.9. The van der Waals surface area contributed by atoms with Gasteiger partial charge in [-0.05, 0) is 60.5 Å². The van der Waals surface area contributed by atoms with E-state index in [4.69, 9.17) is 4.74 Å². The van der Waals surface area contributed by atoms with E-state index >= 15 is 0 Å². The first kappa shape index (κ1) is 25.1. The van der Waals surface area contributed by atoms with Gasteiger partial charge in [0.25, 0.3) is 0 Å². The van der Waals surface area contributed by atoms with Crippen molar-refractivity contribution in [2.24, 2.45) is 0 Å². The van der Waals surface area contributed by atoms with E-state index in [9.17, 15) is 9.59 Å². The van der Waals surface area contributed by atoms with E-state index in [-0.39, 0.29) is 18.0 Å². The molecule has 6 heteroatoms. The Hall–Kier alpha value is -4.03. The van der Waals surface area contributed by atoms with E-state index in [0.717, 1.165) is 26.6 Å². The second-order valence-corrected chi connectivity index (χ2v) is 9.41. The van der Waals surface area contributed by atoms with Crippen molar-refractivity contribution in [2.75, 3.05) is 4.90 Å². The summed E-state index contributed by atoms with van der Waals surface area (Å²) in [5.41, 5.74) is 2.89. The molecule has 4 aromatic rings. The Morgan fingerprint density at radius 1 is 0.833 bits per heavy atom. The molecule has 182 valence electrons. The smallest absolute Gasteiger partial charge is 0.322 e. The number of urea groups is 1. The van der Waals surface area contributed by atoms with E-state index in [2.05, 4.69) is 5.32 Å². The molecule has 5 nitrogen and oxygen atoms in total. The molecule has 4 aromatic carbocycles. The summed E-state index contributed by atoms with van der Waals surface area (Å²) in [5, 5.41) is 3.06. The second-order valence-electron chi connectivity index (χ2n) is 8.27. The first-order valence-electron chi connectivity index (χ1n) is 11.7. The number of carbonyl (C=O) groups excluding carboxylic acids is 2. The number of anilines is 1. The standard InChI is InChI=1S/C30H28N2O3S/c1-22(25-12-7-4-8-13-25)32(30(34)31-21-24-10-5-3-6-11-24)26-16-18-28(19-17-26)36-29-15-9-14-27(20-29)35-23(2)33/h3-20,22H,21H2,1-2H3,(H,31,34). The van der Waals surface area contributed by atoms with Crippen LogP contribution in [0.25, 0.3) is 0 Å². The third-order valence-corrected chi connectivity index (χ3v) is 6.59. The van der Waals surface area contributed by atoms with E-state index in [1.807, 2.05) is 110 Å². The zero-order chi connectivity index (χ0) is 25.3. The highest BCUT2D eigenvalue weighted by molar-refractivity contribution is 7.99. The van der Waals surface area contributed by atoms with Gasteiger partial charge in [0, 0.05) is 28.9 Å². The number of ether oxygens (including phenoxy) is 1. The van der Waals surface area contributed by atoms with Gasteiger partial charge in [0.2, 0.25) is 0 Å². The normalized spacial score (nSPS) is 11.4. The summed E-state index contributed by atoms with van der Waals surface area (Å²) in [6.45, 7) is 3.86. The van der Waals surface area contributed by atoms with E-state index in [0.29, 0.717) is 12.3 Å². The molecule has 0 bridgehead atoms. The van der Waals surface area contributed by atoms with E-state index in [1.54, 1.807) is 22.7 Å². The molecule has 0 heterocycles. The predicted molar refractivity (Wildman–Crippen MR) is 144 cm³/mol. The first-order valence-corrected chi connectivity index (χ1v) is 12.5. The van der Waals surface area contributed by atoms with Crippen LogP contribution < -0.4 is 15.0 Å². The minimum Gasteiger partial charge on any atom is -0.427 e. The monoisotopic (exact) mass is 496 g/mol. The molecule has 0 fully saturated rings. The number of carbonyl (C=O) groups is 2. The van der Waals surface area contributed by atoms with Gasteiger partial charge < -0.3 is 10.1 Å². The molecule has 0 spiro atoms. The van der Waals surface area contributed by atoms with Gasteiger partial charge in [0.1, 0.15) is 5.75 Å². The van der Waals surface area contributed by atoms with Crippen molar-refractivity contribution in [3.63, 3.8) is 0 Å². The molecule has 0 aromatic heterocycles. The molecule has 0 aliphatic rings. The molecular weight excluding hydrogens is 468 g/mol. The lowest BCUT2D eigenvalue weighted by molar-refractivity contribution is -0.131. The fourth-order valence-electron chi connectivity index (χ4n) is 3.83. The zero-order valence-corrected chi connectivity index (χ0v) is 21.1. The number of hydrogen-bond acceptors (Lipinski definition) is 4. The molecule has 0 radical (unpaired) electrons. The Morgan fingerprint density at radius 2 is 1.50 bits per heavy atom. The summed E-state index contributed by atoms with van der Waals surface area (Å²) in [7, 11) is 0. The van der Waals surface area contributed by atoms with Gasteiger partial charge in [-0.2, -0.15) is 0 Å². The van der Waals surface area contributed by atoms with Crippen LogP contribution in [-0.4, -0.2) is 12.0 Å². The Labute approximate surface area is 216 Å². The summed E-state index contributed by atoms with van der Waals surface area (Å²) >= 11 is 1.56. The summed E-state index contributed by atoms with van der Waals surface area (Å²) < 4.78 is 5.19. The van der Waals surface area contributed by atoms with Crippen molar-refractivity contribution in [2.45, 2.75) is 36.2 Å². The number of nitrogens with one attached hydrogen (secondary N) is 1. The van der Waals surface area contributed by atoms with Gasteiger partial charge in [-0.3, -0.25) is 9.69 Å². The van der Waals surface area contributed by atoms with Gasteiger partial charge in [-0.25, -0.2) is 4.79 Å². The van der Waals surface area contributed by atoms with Crippen molar-refractivity contribution in [1.29, 1.82) is 0 Å². The molecule has 1 atom stereocenters. The highest BCUT2D eigenvalue weighted by Gasteiger charge is 2.23. The Morgan fingerprint density at radius 3 is 2.17 bits per heavy atom. The molecule has 4 rings (SSSR count). The lowest BCUT2D eigenvalue weighted by Gasteiger charge is -2.30. The van der Waals surface area contributed by atoms with Crippen molar-refractivity contribution < 1.29 is 14.3 Å². The minimum atomic E-state index is -0.348. The molecule has 0 aliphatic heterocycles. The summed E-state index contributed by atoms with van der Waals surface area (Å²) in [4.78, 5) is 28.4. The molecule has 1 N–H and O–H groups in total. The maximum atomic E-state index is 13.4. The Bertz CT molecular complexity index is 1290. The number of benzene rings is 4. The van der Waals surface area contributed by atoms with Crippen LogP contribution in [0.5, 0.6) is 5.75 Å². The summed E-state index contributed by atoms with van der Waals surface area (Å²) in [6.07, 6.45) is 0. The third kappa shape index (κ3) is 6.77. The predicted octanol–water partition coefficient (Wildman–Crippen LogP) is 7.24. The number of hydrogen-bond donors (Lipinski definition) is 1. The fourth-order valence-corrected chi connectivity index (χ4v) is 4.70. The van der Waals surface area contributed by atoms with E-state index < -0.39 is 0 Å². The van der Waals surface area contributed by atoms with Crippen LogP contribution in [0.3, 0.4) is 0 Å². The van der Waals surface area contributed by atoms with Crippen LogP contribution >= 0.6 is 11.8 Å². The highest BCUT2D eigenvalue weighted by atomic mass is 32.2. The van der Waals surface area contributed by atoms with Crippen LogP contribution in [-0.2, 0) is 11.3 Å². The fraction of sp³-hybridized carbons (Fsp3) is 0.133. The average Bonchev–Trinajstić information content (AvgIpc) is 2.89. The topological polar surface area (TPSA) is 58.6 Å². The number of esters is 1. The first-order chi connectivity index (χ1) is 17.5. The van der Waals surface area contributed by atoms with Gasteiger partial charge >= 0.3 is 12.0 Å². The van der Waals surface area contributed by atoms with Gasteiger partial charge in [-0.1, -0.05) is 78.5 Å². The number of nitrogens with zero attached hydrogens (tertiary/aromatic N) is 1. The Balaban J connectivity index is 1.54. The maximum Gasteiger partial charge on any atom is 0.322 e. The van der Waals surface area contributed by atoms with Gasteiger partial charge in [-0.15, -0.1) is 0 Å². The molecule has 2 amide bonds. The summed E-state index contributed by atoms with van der Waals surface area (Å²) in [5.74, 6) is 0.168. The largest absolute Gasteiger partial charge is 0.427 e. The maximum absolute atomic E-state index is 13.4. The van der Waals surface area contributed by atoms with Crippen LogP contribution in [0, 0.1) is 0 Å². The van der Waals surface area contributed by atoms with Crippen molar-refractivity contribution in [3.8, 4) is 5.75 Å². The average molecular weight is 497 g/mol. The number of rotatable bonds is 8. The van der Waals surface area contributed by atoms with Gasteiger partial charge in [0.15, 0.2) is 0 Å². The molecule has 0 saturated carbocycles. The molecule has 0 saturated heterocycles. The van der Waals surface area contributed by atoms with Crippen LogP contribution in [0.4, 0.5) is 10.5 Å². The highest BCUT2D eigenvalue weighted by Crippen LogP contribution is 2.33. The van der Waals surface area contributed by atoms with Crippen LogP contribution in [0.1, 0.15) is 31.0 Å². The van der Waals surface area contributed by atoms with Crippen molar-refractivity contribution in [1.82, 2.24) is 5.32 Å². The van der Waals surface area contributed by atoms with Crippen LogP contribution in [0.2, 0.25) is 0 Å². The molecule has 1 unspecified atom stereocenters. The van der Waals surface area contributed by atoms with E-state index in [1.165, 1.54) is 6.92 Å². The van der Waals surface area contributed by atoms with Gasteiger partial charge in [0.05, 0.1) is 6.04 Å². The third-order valence-electron chi connectivity index (χ3n) is 5.59. The molecule has 0 aliphatic carbocycles. The lowest BCUT2D eigenvalue weighted by atomic mass is 10.1. The minimum absolute atomic E-state index is 0.162. The zero-order valence-electron chi connectivity index (χ0n) is 20.3. The molecule has 36 heavy (non-hydrogen) atoms. The quantitative estimate of drug-likeness (QED) is 0.206. The second kappa shape index (κ2) is 12.1. The Kier molecular flexibility index (Phi) is 8.42. The number of amides is 2. The van der Waals surface area contributed by atoms with Crippen LogP contribution in [0.15, 0.2) is 119 Å². The van der Waals surface area contributed by atoms with Crippen molar-refractivity contribution in [3.05, 3.63) is 120 Å². The lowest BCUT2D eigenvalue weighted by Crippen LogP contribution is -2.41. The SMILES string of the molecule is CC(=O)Oc1cccc(Sc2ccc(N(C(=O)NCc3ccccc3)C(C)c3ccccc3)cc2)c1.